The third-order valence-corrected chi connectivity index (χ3v) is 8.03. The van der Waals surface area contributed by atoms with Crippen LogP contribution in [0.5, 0.6) is 0 Å². The number of nitrogens with zero attached hydrogens (tertiary/aromatic N) is 2. The molecule has 1 saturated carbocycles. The molecule has 0 spiro atoms. The summed E-state index contributed by atoms with van der Waals surface area (Å²) in [5.74, 6) is -0.594. The van der Waals surface area contributed by atoms with E-state index in [0.29, 0.717) is 18.7 Å². The minimum Gasteiger partial charge on any atom is -0.352 e. The van der Waals surface area contributed by atoms with E-state index in [2.05, 4.69) is 5.32 Å². The van der Waals surface area contributed by atoms with E-state index in [0.717, 1.165) is 52.9 Å². The Balaban J connectivity index is 1.83. The number of carbonyl (C=O) groups is 2. The minimum atomic E-state index is -3.73. The van der Waals surface area contributed by atoms with Gasteiger partial charge in [0, 0.05) is 12.6 Å². The molecule has 1 unspecified atom stereocenters. The largest absolute Gasteiger partial charge is 0.352 e. The first kappa shape index (κ1) is 27.7. The molecule has 0 aromatic heterocycles. The number of rotatable bonds is 10. The van der Waals surface area contributed by atoms with Gasteiger partial charge in [-0.25, -0.2) is 8.42 Å². The molecule has 1 atom stereocenters. The number of sulfonamides is 1. The van der Waals surface area contributed by atoms with Gasteiger partial charge in [0.1, 0.15) is 12.6 Å². The van der Waals surface area contributed by atoms with E-state index in [1.165, 1.54) is 11.3 Å². The summed E-state index contributed by atoms with van der Waals surface area (Å²) in [6.45, 7) is 5.44. The highest BCUT2D eigenvalue weighted by Gasteiger charge is 2.31. The number of hydrogen-bond donors (Lipinski definition) is 1. The quantitative estimate of drug-likeness (QED) is 0.521. The van der Waals surface area contributed by atoms with Crippen LogP contribution >= 0.6 is 0 Å². The lowest BCUT2D eigenvalue weighted by Gasteiger charge is -2.33. The van der Waals surface area contributed by atoms with E-state index in [1.54, 1.807) is 13.0 Å². The SMILES string of the molecule is Cc1ccc(N(CC(=O)N(CCc2ccccc2)C(C)C(=O)NC2CCCCC2)S(C)(=O)=O)c(C)c1. The highest BCUT2D eigenvalue weighted by Crippen LogP contribution is 2.24. The van der Waals surface area contributed by atoms with Gasteiger partial charge in [-0.3, -0.25) is 13.9 Å². The van der Waals surface area contributed by atoms with Crippen molar-refractivity contribution in [3.8, 4) is 0 Å². The molecule has 8 heteroatoms. The number of amides is 2. The molecule has 2 aromatic carbocycles. The third-order valence-electron chi connectivity index (χ3n) is 6.90. The molecule has 2 amide bonds. The monoisotopic (exact) mass is 513 g/mol. The Morgan fingerprint density at radius 3 is 2.31 bits per heavy atom. The van der Waals surface area contributed by atoms with Crippen molar-refractivity contribution in [2.24, 2.45) is 0 Å². The standard InChI is InChI=1S/C28H39N3O4S/c1-21-15-16-26(22(2)19-21)31(36(4,34)35)20-27(32)30(18-17-24-11-7-5-8-12-24)23(3)28(33)29-25-13-9-6-10-14-25/h5,7-8,11-12,15-16,19,23,25H,6,9-10,13-14,17-18,20H2,1-4H3,(H,29,33). The molecule has 1 fully saturated rings. The average Bonchev–Trinajstić information content (AvgIpc) is 2.83. The Morgan fingerprint density at radius 2 is 1.69 bits per heavy atom. The lowest BCUT2D eigenvalue weighted by molar-refractivity contribution is -0.139. The third kappa shape index (κ3) is 7.56. The fraction of sp³-hybridized carbons (Fsp3) is 0.500. The number of hydrogen-bond acceptors (Lipinski definition) is 4. The van der Waals surface area contributed by atoms with Crippen LogP contribution < -0.4 is 9.62 Å². The maximum atomic E-state index is 13.7. The van der Waals surface area contributed by atoms with Crippen molar-refractivity contribution in [2.45, 2.75) is 71.4 Å². The highest BCUT2D eigenvalue weighted by molar-refractivity contribution is 7.92. The van der Waals surface area contributed by atoms with Gasteiger partial charge in [-0.15, -0.1) is 0 Å². The van der Waals surface area contributed by atoms with Gasteiger partial charge in [-0.1, -0.05) is 67.3 Å². The van der Waals surface area contributed by atoms with Crippen molar-refractivity contribution in [3.05, 3.63) is 65.2 Å². The zero-order valence-electron chi connectivity index (χ0n) is 21.9. The van der Waals surface area contributed by atoms with Gasteiger partial charge in [-0.2, -0.15) is 0 Å². The van der Waals surface area contributed by atoms with Crippen LogP contribution in [0.25, 0.3) is 0 Å². The summed E-state index contributed by atoms with van der Waals surface area (Å²) in [6.07, 6.45) is 6.94. The van der Waals surface area contributed by atoms with Gasteiger partial charge in [0.05, 0.1) is 11.9 Å². The van der Waals surface area contributed by atoms with E-state index in [-0.39, 0.29) is 18.5 Å². The molecule has 3 rings (SSSR count). The fourth-order valence-electron chi connectivity index (χ4n) is 4.82. The van der Waals surface area contributed by atoms with Crippen molar-refractivity contribution in [2.75, 3.05) is 23.7 Å². The van der Waals surface area contributed by atoms with Crippen LogP contribution in [-0.4, -0.2) is 56.6 Å². The predicted octanol–water partition coefficient (Wildman–Crippen LogP) is 3.98. The van der Waals surface area contributed by atoms with Gasteiger partial charge in [-0.05, 0) is 57.2 Å². The van der Waals surface area contributed by atoms with Crippen LogP contribution in [0.1, 0.15) is 55.7 Å². The van der Waals surface area contributed by atoms with Gasteiger partial charge >= 0.3 is 0 Å². The second-order valence-electron chi connectivity index (χ2n) is 9.90. The summed E-state index contributed by atoms with van der Waals surface area (Å²) in [4.78, 5) is 28.3. The normalized spacial score (nSPS) is 15.2. The summed E-state index contributed by atoms with van der Waals surface area (Å²) in [5, 5.41) is 3.12. The van der Waals surface area contributed by atoms with Crippen molar-refractivity contribution in [1.82, 2.24) is 10.2 Å². The Hall–Kier alpha value is -2.87. The van der Waals surface area contributed by atoms with E-state index in [4.69, 9.17) is 0 Å². The molecule has 36 heavy (non-hydrogen) atoms. The molecule has 2 aromatic rings. The fourth-order valence-corrected chi connectivity index (χ4v) is 5.73. The van der Waals surface area contributed by atoms with Gasteiger partial charge < -0.3 is 10.2 Å². The van der Waals surface area contributed by atoms with Crippen LogP contribution in [0.4, 0.5) is 5.69 Å². The van der Waals surface area contributed by atoms with Gasteiger partial charge in [0.15, 0.2) is 0 Å². The molecule has 0 aliphatic heterocycles. The van der Waals surface area contributed by atoms with Crippen LogP contribution in [0.15, 0.2) is 48.5 Å². The molecule has 0 bridgehead atoms. The second kappa shape index (κ2) is 12.4. The lowest BCUT2D eigenvalue weighted by atomic mass is 9.95. The van der Waals surface area contributed by atoms with Gasteiger partial charge in [0.2, 0.25) is 21.8 Å². The second-order valence-corrected chi connectivity index (χ2v) is 11.8. The van der Waals surface area contributed by atoms with Crippen LogP contribution in [0, 0.1) is 13.8 Å². The molecule has 7 nitrogen and oxygen atoms in total. The zero-order valence-corrected chi connectivity index (χ0v) is 22.7. The van der Waals surface area contributed by atoms with E-state index in [1.807, 2.05) is 56.3 Å². The summed E-state index contributed by atoms with van der Waals surface area (Å²) in [7, 11) is -3.73. The summed E-state index contributed by atoms with van der Waals surface area (Å²) < 4.78 is 26.6. The molecule has 0 heterocycles. The molecule has 196 valence electrons. The first-order chi connectivity index (χ1) is 17.1. The minimum absolute atomic E-state index is 0.127. The van der Waals surface area contributed by atoms with Crippen molar-refractivity contribution in [1.29, 1.82) is 0 Å². The summed E-state index contributed by atoms with van der Waals surface area (Å²) in [5.41, 5.74) is 3.30. The van der Waals surface area contributed by atoms with Gasteiger partial charge in [0.25, 0.3) is 0 Å². The molecule has 1 N–H and O–H groups in total. The number of carbonyl (C=O) groups excluding carboxylic acids is 2. The average molecular weight is 514 g/mol. The van der Waals surface area contributed by atoms with Crippen LogP contribution in [-0.2, 0) is 26.0 Å². The lowest BCUT2D eigenvalue weighted by Crippen LogP contribution is -2.53. The first-order valence-electron chi connectivity index (χ1n) is 12.7. The highest BCUT2D eigenvalue weighted by atomic mass is 32.2. The van der Waals surface area contributed by atoms with Crippen molar-refractivity contribution in [3.63, 3.8) is 0 Å². The first-order valence-corrected chi connectivity index (χ1v) is 14.6. The molecular weight excluding hydrogens is 474 g/mol. The molecular formula is C28H39N3O4S. The van der Waals surface area contributed by atoms with Crippen LogP contribution in [0.2, 0.25) is 0 Å². The van der Waals surface area contributed by atoms with Crippen molar-refractivity contribution >= 4 is 27.5 Å². The summed E-state index contributed by atoms with van der Waals surface area (Å²) >= 11 is 0. The Kier molecular flexibility index (Phi) is 9.54. The van der Waals surface area contributed by atoms with Crippen molar-refractivity contribution < 1.29 is 18.0 Å². The van der Waals surface area contributed by atoms with E-state index < -0.39 is 22.0 Å². The maximum absolute atomic E-state index is 13.7. The number of aryl methyl sites for hydroxylation is 2. The number of anilines is 1. The molecule has 0 radical (unpaired) electrons. The molecule has 1 aliphatic carbocycles. The summed E-state index contributed by atoms with van der Waals surface area (Å²) in [6, 6.07) is 14.6. The number of benzene rings is 2. The zero-order chi connectivity index (χ0) is 26.3. The predicted molar refractivity (Wildman–Crippen MR) is 144 cm³/mol. The molecule has 1 aliphatic rings. The Bertz CT molecular complexity index is 1140. The number of nitrogens with one attached hydrogen (secondary N) is 1. The Labute approximate surface area is 215 Å². The topological polar surface area (TPSA) is 86.8 Å². The van der Waals surface area contributed by atoms with Crippen LogP contribution in [0.3, 0.4) is 0 Å². The smallest absolute Gasteiger partial charge is 0.244 e. The maximum Gasteiger partial charge on any atom is 0.244 e. The van der Waals surface area contributed by atoms with E-state index in [9.17, 15) is 18.0 Å². The molecule has 0 saturated heterocycles. The Morgan fingerprint density at radius 1 is 1.03 bits per heavy atom. The van der Waals surface area contributed by atoms with E-state index >= 15 is 0 Å².